The Morgan fingerprint density at radius 2 is 1.91 bits per heavy atom. The zero-order chi connectivity index (χ0) is 17.0. The molecule has 0 aliphatic carbocycles. The van der Waals surface area contributed by atoms with E-state index in [0.29, 0.717) is 11.6 Å². The van der Waals surface area contributed by atoms with Gasteiger partial charge in [-0.15, -0.1) is 11.3 Å². The molecule has 0 fully saturated rings. The Balaban J connectivity index is 2.07. The van der Waals surface area contributed by atoms with Gasteiger partial charge in [0.1, 0.15) is 0 Å². The molecule has 1 heterocycles. The lowest BCUT2D eigenvalue weighted by Crippen LogP contribution is -2.11. The van der Waals surface area contributed by atoms with Crippen LogP contribution in [0.1, 0.15) is 35.3 Å². The maximum absolute atomic E-state index is 11.8. The number of aryl methyl sites for hydroxylation is 3. The monoisotopic (exact) mass is 332 g/mol. The molecule has 6 heteroatoms. The summed E-state index contributed by atoms with van der Waals surface area (Å²) in [5.74, 6) is -1.09. The molecule has 2 rings (SSSR count). The molecule has 0 unspecified atom stereocenters. The number of carboxylic acids is 1. The van der Waals surface area contributed by atoms with E-state index in [0.717, 1.165) is 16.1 Å². The lowest BCUT2D eigenvalue weighted by molar-refractivity contribution is -0.137. The number of anilines is 1. The van der Waals surface area contributed by atoms with Crippen molar-refractivity contribution < 1.29 is 14.7 Å². The van der Waals surface area contributed by atoms with Crippen LogP contribution in [0.2, 0.25) is 0 Å². The minimum atomic E-state index is -0.889. The molecule has 2 N–H and O–H groups in total. The minimum absolute atomic E-state index is 0.00178. The van der Waals surface area contributed by atoms with Crippen molar-refractivity contribution in [3.05, 3.63) is 34.2 Å². The summed E-state index contributed by atoms with van der Waals surface area (Å²) in [7, 11) is 0. The van der Waals surface area contributed by atoms with Gasteiger partial charge in [0.15, 0.2) is 5.13 Å². The Hall–Kier alpha value is -2.21. The fourth-order valence-electron chi connectivity index (χ4n) is 2.19. The molecular formula is C17H20N2O3S. The number of carbonyl (C=O) groups excluding carboxylic acids is 1. The van der Waals surface area contributed by atoms with Gasteiger partial charge in [0.2, 0.25) is 5.91 Å². The van der Waals surface area contributed by atoms with Crippen molar-refractivity contribution in [2.24, 2.45) is 0 Å². The molecule has 0 aliphatic heterocycles. The number of amides is 1. The van der Waals surface area contributed by atoms with Gasteiger partial charge in [-0.3, -0.25) is 9.59 Å². The van der Waals surface area contributed by atoms with Crippen molar-refractivity contribution in [3.8, 4) is 11.3 Å². The molecule has 0 spiro atoms. The summed E-state index contributed by atoms with van der Waals surface area (Å²) in [6.45, 7) is 6.10. The first kappa shape index (κ1) is 17.1. The Labute approximate surface area is 139 Å². The van der Waals surface area contributed by atoms with E-state index in [1.54, 1.807) is 0 Å². The van der Waals surface area contributed by atoms with E-state index < -0.39 is 5.97 Å². The Morgan fingerprint density at radius 3 is 2.57 bits per heavy atom. The highest BCUT2D eigenvalue weighted by molar-refractivity contribution is 7.16. The van der Waals surface area contributed by atoms with Crippen molar-refractivity contribution in [1.29, 1.82) is 0 Å². The molecule has 1 aromatic heterocycles. The quantitative estimate of drug-likeness (QED) is 0.840. The molecule has 1 amide bonds. The lowest BCUT2D eigenvalue weighted by Gasteiger charge is -2.03. The highest BCUT2D eigenvalue weighted by Gasteiger charge is 2.13. The van der Waals surface area contributed by atoms with Crippen molar-refractivity contribution in [3.63, 3.8) is 0 Å². The summed E-state index contributed by atoms with van der Waals surface area (Å²) in [6, 6.07) is 6.19. The Bertz CT molecular complexity index is 737. The van der Waals surface area contributed by atoms with Gasteiger partial charge in [0.25, 0.3) is 0 Å². The number of carbonyl (C=O) groups is 2. The third kappa shape index (κ3) is 4.63. The first-order chi connectivity index (χ1) is 10.9. The first-order valence-electron chi connectivity index (χ1n) is 7.43. The standard InChI is InChI=1S/C17H20N2O3S/c1-10-7-8-13(9-11(10)2)16-12(3)23-17(19-16)18-14(20)5-4-6-15(21)22/h7-9H,4-6H2,1-3H3,(H,21,22)(H,18,19,20). The third-order valence-electron chi connectivity index (χ3n) is 3.62. The molecule has 0 bridgehead atoms. The van der Waals surface area contributed by atoms with Gasteiger partial charge in [-0.1, -0.05) is 12.1 Å². The van der Waals surface area contributed by atoms with E-state index in [2.05, 4.69) is 36.3 Å². The number of nitrogens with zero attached hydrogens (tertiary/aromatic N) is 1. The highest BCUT2D eigenvalue weighted by atomic mass is 32.1. The van der Waals surface area contributed by atoms with Gasteiger partial charge >= 0.3 is 5.97 Å². The fraction of sp³-hybridized carbons (Fsp3) is 0.353. The Morgan fingerprint density at radius 1 is 1.17 bits per heavy atom. The second-order valence-electron chi connectivity index (χ2n) is 5.52. The lowest BCUT2D eigenvalue weighted by atomic mass is 10.0. The van der Waals surface area contributed by atoms with Crippen LogP contribution in [0.4, 0.5) is 5.13 Å². The van der Waals surface area contributed by atoms with Crippen LogP contribution in [0, 0.1) is 20.8 Å². The molecule has 122 valence electrons. The van der Waals surface area contributed by atoms with Crippen LogP contribution in [0.5, 0.6) is 0 Å². The molecule has 2 aromatic rings. The topological polar surface area (TPSA) is 79.3 Å². The van der Waals surface area contributed by atoms with E-state index in [-0.39, 0.29) is 18.7 Å². The summed E-state index contributed by atoms with van der Waals surface area (Å²) >= 11 is 1.43. The molecule has 5 nitrogen and oxygen atoms in total. The van der Waals surface area contributed by atoms with Gasteiger partial charge in [0, 0.05) is 23.3 Å². The van der Waals surface area contributed by atoms with Gasteiger partial charge in [-0.05, 0) is 44.4 Å². The van der Waals surface area contributed by atoms with E-state index in [1.165, 1.54) is 22.5 Å². The maximum Gasteiger partial charge on any atom is 0.303 e. The maximum atomic E-state index is 11.8. The average molecular weight is 332 g/mol. The minimum Gasteiger partial charge on any atom is -0.481 e. The van der Waals surface area contributed by atoms with E-state index >= 15 is 0 Å². The molecule has 0 saturated carbocycles. The summed E-state index contributed by atoms with van der Waals surface area (Å²) in [6.07, 6.45) is 0.512. The van der Waals surface area contributed by atoms with Crippen molar-refractivity contribution in [2.75, 3.05) is 5.32 Å². The summed E-state index contributed by atoms with van der Waals surface area (Å²) in [4.78, 5) is 27.8. The number of carboxylic acid groups (broad SMARTS) is 1. The van der Waals surface area contributed by atoms with E-state index in [4.69, 9.17) is 5.11 Å². The fourth-order valence-corrected chi connectivity index (χ4v) is 3.04. The van der Waals surface area contributed by atoms with Crippen LogP contribution in [-0.4, -0.2) is 22.0 Å². The molecule has 0 atom stereocenters. The molecule has 0 saturated heterocycles. The van der Waals surface area contributed by atoms with Crippen LogP contribution in [-0.2, 0) is 9.59 Å². The molecular weight excluding hydrogens is 312 g/mol. The molecule has 0 aliphatic rings. The van der Waals surface area contributed by atoms with Crippen LogP contribution in [0.3, 0.4) is 0 Å². The zero-order valence-electron chi connectivity index (χ0n) is 13.5. The number of thiazole rings is 1. The van der Waals surface area contributed by atoms with Gasteiger partial charge < -0.3 is 10.4 Å². The number of rotatable bonds is 6. The smallest absolute Gasteiger partial charge is 0.303 e. The molecule has 0 radical (unpaired) electrons. The number of nitrogens with one attached hydrogen (secondary N) is 1. The molecule has 1 aromatic carbocycles. The average Bonchev–Trinajstić information content (AvgIpc) is 2.82. The SMILES string of the molecule is Cc1ccc(-c2nc(NC(=O)CCCC(=O)O)sc2C)cc1C. The van der Waals surface area contributed by atoms with Gasteiger partial charge in [-0.2, -0.15) is 0 Å². The normalized spacial score (nSPS) is 10.6. The van der Waals surface area contributed by atoms with Crippen LogP contribution < -0.4 is 5.32 Å². The summed E-state index contributed by atoms with van der Waals surface area (Å²) in [5.41, 5.74) is 4.34. The zero-order valence-corrected chi connectivity index (χ0v) is 14.3. The second-order valence-corrected chi connectivity index (χ2v) is 6.72. The van der Waals surface area contributed by atoms with Crippen molar-refractivity contribution >= 4 is 28.3 Å². The molecule has 23 heavy (non-hydrogen) atoms. The number of benzene rings is 1. The largest absolute Gasteiger partial charge is 0.481 e. The van der Waals surface area contributed by atoms with Gasteiger partial charge in [-0.25, -0.2) is 4.98 Å². The number of aliphatic carboxylic acids is 1. The highest BCUT2D eigenvalue weighted by Crippen LogP contribution is 2.31. The third-order valence-corrected chi connectivity index (χ3v) is 4.50. The predicted molar refractivity (Wildman–Crippen MR) is 91.9 cm³/mol. The van der Waals surface area contributed by atoms with Crippen LogP contribution in [0.25, 0.3) is 11.3 Å². The summed E-state index contributed by atoms with van der Waals surface area (Å²) in [5, 5.41) is 11.9. The number of hydrogen-bond donors (Lipinski definition) is 2. The van der Waals surface area contributed by atoms with Crippen LogP contribution in [0.15, 0.2) is 18.2 Å². The summed E-state index contributed by atoms with van der Waals surface area (Å²) < 4.78 is 0. The van der Waals surface area contributed by atoms with E-state index in [1.807, 2.05) is 13.0 Å². The predicted octanol–water partition coefficient (Wildman–Crippen LogP) is 3.93. The number of aromatic nitrogens is 1. The Kier molecular flexibility index (Phi) is 5.50. The van der Waals surface area contributed by atoms with Crippen molar-refractivity contribution in [1.82, 2.24) is 4.98 Å². The first-order valence-corrected chi connectivity index (χ1v) is 8.25. The van der Waals surface area contributed by atoms with E-state index in [9.17, 15) is 9.59 Å². The number of hydrogen-bond acceptors (Lipinski definition) is 4. The van der Waals surface area contributed by atoms with Crippen LogP contribution >= 0.6 is 11.3 Å². The van der Waals surface area contributed by atoms with Crippen molar-refractivity contribution in [2.45, 2.75) is 40.0 Å². The van der Waals surface area contributed by atoms with Gasteiger partial charge in [0.05, 0.1) is 5.69 Å². The second kappa shape index (κ2) is 7.37.